The van der Waals surface area contributed by atoms with Crippen LogP contribution in [0.1, 0.15) is 40.0 Å². The van der Waals surface area contributed by atoms with Crippen LogP contribution in [-0.4, -0.2) is 52.0 Å². The van der Waals surface area contributed by atoms with E-state index in [1.165, 1.54) is 17.0 Å². The molecule has 30 heavy (non-hydrogen) atoms. The molecule has 2 aromatic rings. The molecular weight excluding hydrogens is 402 g/mol. The molecule has 2 aromatic carbocycles. The quantitative estimate of drug-likeness (QED) is 0.730. The maximum Gasteiger partial charge on any atom is 0.253 e. The van der Waals surface area contributed by atoms with Crippen molar-refractivity contribution < 1.29 is 18.0 Å². The van der Waals surface area contributed by atoms with E-state index in [2.05, 4.69) is 5.32 Å². The van der Waals surface area contributed by atoms with Gasteiger partial charge < -0.3 is 10.2 Å². The SMILES string of the molecule is Cc1ccc(C(C)NC(=O)CN(c2ccc(C(=O)N(C)C)cc2)S(C)(=O)=O)c(C)c1. The van der Waals surface area contributed by atoms with Gasteiger partial charge in [-0.3, -0.25) is 13.9 Å². The molecule has 0 saturated heterocycles. The second-order valence-corrected chi connectivity index (χ2v) is 9.57. The lowest BCUT2D eigenvalue weighted by molar-refractivity contribution is -0.120. The highest BCUT2D eigenvalue weighted by molar-refractivity contribution is 7.92. The highest BCUT2D eigenvalue weighted by Crippen LogP contribution is 2.21. The molecule has 0 aliphatic rings. The van der Waals surface area contributed by atoms with Crippen molar-refractivity contribution in [2.75, 3.05) is 31.2 Å². The first-order valence-corrected chi connectivity index (χ1v) is 11.4. The van der Waals surface area contributed by atoms with Gasteiger partial charge in [-0.05, 0) is 56.2 Å². The Kier molecular flexibility index (Phi) is 7.25. The molecule has 0 aliphatic heterocycles. The lowest BCUT2D eigenvalue weighted by Gasteiger charge is -2.24. The van der Waals surface area contributed by atoms with Crippen molar-refractivity contribution in [1.82, 2.24) is 10.2 Å². The molecule has 0 aromatic heterocycles. The fraction of sp³-hybridized carbons (Fsp3) is 0.364. The van der Waals surface area contributed by atoms with Crippen molar-refractivity contribution in [3.8, 4) is 0 Å². The van der Waals surface area contributed by atoms with Crippen LogP contribution in [0.15, 0.2) is 42.5 Å². The van der Waals surface area contributed by atoms with E-state index < -0.39 is 15.9 Å². The summed E-state index contributed by atoms with van der Waals surface area (Å²) < 4.78 is 25.7. The molecule has 0 radical (unpaired) electrons. The fourth-order valence-electron chi connectivity index (χ4n) is 3.24. The second-order valence-electron chi connectivity index (χ2n) is 7.67. The number of carbonyl (C=O) groups is 2. The molecule has 2 amide bonds. The zero-order valence-corrected chi connectivity index (χ0v) is 19.1. The number of rotatable bonds is 7. The average Bonchev–Trinajstić information content (AvgIpc) is 2.64. The van der Waals surface area contributed by atoms with Crippen molar-refractivity contribution >= 4 is 27.5 Å². The number of hydrogen-bond acceptors (Lipinski definition) is 4. The van der Waals surface area contributed by atoms with Crippen LogP contribution in [0.25, 0.3) is 0 Å². The smallest absolute Gasteiger partial charge is 0.253 e. The van der Waals surface area contributed by atoms with Gasteiger partial charge in [0.2, 0.25) is 15.9 Å². The number of benzene rings is 2. The molecule has 2 rings (SSSR count). The second kappa shape index (κ2) is 9.30. The number of nitrogens with zero attached hydrogens (tertiary/aromatic N) is 2. The van der Waals surface area contributed by atoms with Gasteiger partial charge in [-0.2, -0.15) is 0 Å². The predicted molar refractivity (Wildman–Crippen MR) is 119 cm³/mol. The number of hydrogen-bond donors (Lipinski definition) is 1. The van der Waals surface area contributed by atoms with E-state index in [1.54, 1.807) is 26.2 Å². The fourth-order valence-corrected chi connectivity index (χ4v) is 4.09. The standard InChI is InChI=1S/C22H29N3O4S/c1-15-7-12-20(16(2)13-15)17(3)23-21(26)14-25(30(6,28)29)19-10-8-18(9-11-19)22(27)24(4)5/h7-13,17H,14H2,1-6H3,(H,23,26). The van der Waals surface area contributed by atoms with E-state index in [0.29, 0.717) is 11.3 Å². The Morgan fingerprint density at radius 2 is 1.63 bits per heavy atom. The zero-order valence-electron chi connectivity index (χ0n) is 18.3. The molecule has 0 fully saturated rings. The molecule has 0 saturated carbocycles. The van der Waals surface area contributed by atoms with E-state index in [9.17, 15) is 18.0 Å². The molecule has 1 atom stereocenters. The van der Waals surface area contributed by atoms with Crippen LogP contribution in [0.5, 0.6) is 0 Å². The summed E-state index contributed by atoms with van der Waals surface area (Å²) in [4.78, 5) is 26.1. The molecule has 0 heterocycles. The van der Waals surface area contributed by atoms with Gasteiger partial charge in [-0.1, -0.05) is 23.8 Å². The van der Waals surface area contributed by atoms with Gasteiger partial charge in [-0.25, -0.2) is 8.42 Å². The van der Waals surface area contributed by atoms with Crippen LogP contribution in [0, 0.1) is 13.8 Å². The Hall–Kier alpha value is -2.87. The van der Waals surface area contributed by atoms with Crippen LogP contribution in [-0.2, 0) is 14.8 Å². The molecule has 0 bridgehead atoms. The van der Waals surface area contributed by atoms with E-state index in [1.807, 2.05) is 39.0 Å². The van der Waals surface area contributed by atoms with Crippen molar-refractivity contribution in [3.63, 3.8) is 0 Å². The molecule has 162 valence electrons. The predicted octanol–water partition coefficient (Wildman–Crippen LogP) is 2.65. The maximum atomic E-state index is 12.6. The first kappa shape index (κ1) is 23.4. The third-order valence-corrected chi connectivity index (χ3v) is 5.91. The van der Waals surface area contributed by atoms with E-state index in [0.717, 1.165) is 27.3 Å². The number of carbonyl (C=O) groups excluding carboxylic acids is 2. The summed E-state index contributed by atoms with van der Waals surface area (Å²) >= 11 is 0. The number of aryl methyl sites for hydroxylation is 2. The topological polar surface area (TPSA) is 86.8 Å². The summed E-state index contributed by atoms with van der Waals surface area (Å²) in [6.07, 6.45) is 1.05. The summed E-state index contributed by atoms with van der Waals surface area (Å²) in [5.41, 5.74) is 3.93. The van der Waals surface area contributed by atoms with Gasteiger partial charge in [0.25, 0.3) is 5.91 Å². The van der Waals surface area contributed by atoms with Crippen LogP contribution in [0.4, 0.5) is 5.69 Å². The number of amides is 2. The number of anilines is 1. The molecular formula is C22H29N3O4S. The summed E-state index contributed by atoms with van der Waals surface area (Å²) in [6, 6.07) is 11.9. The molecule has 0 aliphatic carbocycles. The van der Waals surface area contributed by atoms with Crippen LogP contribution >= 0.6 is 0 Å². The molecule has 0 spiro atoms. The van der Waals surface area contributed by atoms with E-state index in [-0.39, 0.29) is 18.5 Å². The van der Waals surface area contributed by atoms with Gasteiger partial charge in [-0.15, -0.1) is 0 Å². The summed E-state index contributed by atoms with van der Waals surface area (Å²) in [7, 11) is -0.421. The Balaban J connectivity index is 2.18. The van der Waals surface area contributed by atoms with E-state index in [4.69, 9.17) is 0 Å². The normalized spacial score (nSPS) is 12.2. The van der Waals surface area contributed by atoms with Crippen molar-refractivity contribution in [2.45, 2.75) is 26.8 Å². The first-order valence-electron chi connectivity index (χ1n) is 9.56. The van der Waals surface area contributed by atoms with Gasteiger partial charge in [0, 0.05) is 19.7 Å². The third-order valence-electron chi connectivity index (χ3n) is 4.77. The average molecular weight is 432 g/mol. The van der Waals surface area contributed by atoms with Gasteiger partial charge in [0.1, 0.15) is 6.54 Å². The summed E-state index contributed by atoms with van der Waals surface area (Å²) in [6.45, 7) is 5.49. The third kappa shape index (κ3) is 5.82. The summed E-state index contributed by atoms with van der Waals surface area (Å²) in [5, 5.41) is 2.87. The number of nitrogens with one attached hydrogen (secondary N) is 1. The monoisotopic (exact) mass is 431 g/mol. The van der Waals surface area contributed by atoms with Crippen molar-refractivity contribution in [2.24, 2.45) is 0 Å². The highest BCUT2D eigenvalue weighted by Gasteiger charge is 2.22. The molecule has 8 heteroatoms. The minimum Gasteiger partial charge on any atom is -0.348 e. The van der Waals surface area contributed by atoms with Crippen molar-refractivity contribution in [3.05, 3.63) is 64.7 Å². The van der Waals surface area contributed by atoms with Crippen LogP contribution in [0.2, 0.25) is 0 Å². The molecule has 7 nitrogen and oxygen atoms in total. The lowest BCUT2D eigenvalue weighted by atomic mass is 10.0. The van der Waals surface area contributed by atoms with Crippen LogP contribution < -0.4 is 9.62 Å². The Labute approximate surface area is 178 Å². The first-order chi connectivity index (χ1) is 13.9. The largest absolute Gasteiger partial charge is 0.348 e. The lowest BCUT2D eigenvalue weighted by Crippen LogP contribution is -2.41. The Bertz CT molecular complexity index is 1030. The molecule has 1 N–H and O–H groups in total. The van der Waals surface area contributed by atoms with Gasteiger partial charge in [0.05, 0.1) is 18.0 Å². The number of sulfonamides is 1. The van der Waals surface area contributed by atoms with Crippen LogP contribution in [0.3, 0.4) is 0 Å². The molecule has 1 unspecified atom stereocenters. The van der Waals surface area contributed by atoms with Gasteiger partial charge in [0.15, 0.2) is 0 Å². The Morgan fingerprint density at radius 3 is 2.13 bits per heavy atom. The minimum atomic E-state index is -3.70. The van der Waals surface area contributed by atoms with Crippen molar-refractivity contribution in [1.29, 1.82) is 0 Å². The Morgan fingerprint density at radius 1 is 1.03 bits per heavy atom. The zero-order chi connectivity index (χ0) is 22.6. The summed E-state index contributed by atoms with van der Waals surface area (Å²) in [5.74, 6) is -0.603. The van der Waals surface area contributed by atoms with Gasteiger partial charge >= 0.3 is 0 Å². The maximum absolute atomic E-state index is 12.6. The van der Waals surface area contributed by atoms with E-state index >= 15 is 0 Å². The highest BCUT2D eigenvalue weighted by atomic mass is 32.2. The minimum absolute atomic E-state index is 0.188.